The zero-order valence-electron chi connectivity index (χ0n) is 13.2. The van der Waals surface area contributed by atoms with Gasteiger partial charge in [0.15, 0.2) is 0 Å². The third-order valence-electron chi connectivity index (χ3n) is 3.73. The number of nitrogens with one attached hydrogen (secondary N) is 3. The van der Waals surface area contributed by atoms with Crippen LogP contribution in [0.1, 0.15) is 12.0 Å². The highest BCUT2D eigenvalue weighted by atomic mass is 35.5. The minimum Gasteiger partial charge on any atom is -0.355 e. The van der Waals surface area contributed by atoms with Gasteiger partial charge in [-0.15, -0.1) is 0 Å². The third kappa shape index (κ3) is 4.10. The van der Waals surface area contributed by atoms with E-state index in [1.807, 2.05) is 24.3 Å². The molecule has 0 atom stereocenters. The molecule has 1 heterocycles. The van der Waals surface area contributed by atoms with Crippen molar-refractivity contribution in [3.8, 4) is 0 Å². The zero-order chi connectivity index (χ0) is 16.8. The van der Waals surface area contributed by atoms with Crippen LogP contribution in [0.5, 0.6) is 0 Å². The third-order valence-corrected chi connectivity index (χ3v) is 3.97. The van der Waals surface area contributed by atoms with Crippen molar-refractivity contribution in [3.05, 3.63) is 65.3 Å². The Hall–Kier alpha value is -2.43. The van der Waals surface area contributed by atoms with Crippen LogP contribution in [0.4, 0.5) is 11.4 Å². The Morgan fingerprint density at radius 3 is 2.71 bits per heavy atom. The summed E-state index contributed by atoms with van der Waals surface area (Å²) in [6.45, 7) is 1.64. The van der Waals surface area contributed by atoms with Crippen molar-refractivity contribution in [2.24, 2.45) is 0 Å². The molecule has 0 aliphatic rings. The Labute approximate surface area is 146 Å². The van der Waals surface area contributed by atoms with Gasteiger partial charge in [-0.2, -0.15) is 0 Å². The summed E-state index contributed by atoms with van der Waals surface area (Å²) in [6.07, 6.45) is 3.97. The molecule has 0 aliphatic carbocycles. The highest BCUT2D eigenvalue weighted by Crippen LogP contribution is 2.27. The van der Waals surface area contributed by atoms with Crippen molar-refractivity contribution >= 4 is 40.1 Å². The monoisotopic (exact) mass is 338 g/mol. The number of pyridine rings is 1. The van der Waals surface area contributed by atoms with Crippen LogP contribution in [0.15, 0.2) is 54.7 Å². The summed E-state index contributed by atoms with van der Waals surface area (Å²) >= 11 is 6.03. The topological polar surface area (TPSA) is 60.8 Å². The van der Waals surface area contributed by atoms with E-state index in [4.69, 9.17) is 17.0 Å². The summed E-state index contributed by atoms with van der Waals surface area (Å²) in [4.78, 5) is 4.36. The Morgan fingerprint density at radius 1 is 1.08 bits per heavy atom. The smallest absolute Gasteiger partial charge is 0.0737 e. The van der Waals surface area contributed by atoms with Crippen LogP contribution in [0.25, 0.3) is 10.9 Å². The van der Waals surface area contributed by atoms with E-state index in [1.54, 1.807) is 6.20 Å². The number of anilines is 2. The van der Waals surface area contributed by atoms with Crippen LogP contribution in [-0.2, 0) is 6.54 Å². The first kappa shape index (κ1) is 16.4. The van der Waals surface area contributed by atoms with Gasteiger partial charge in [0.1, 0.15) is 0 Å². The van der Waals surface area contributed by atoms with Gasteiger partial charge in [0.2, 0.25) is 0 Å². The molecule has 3 aromatic rings. The minimum atomic E-state index is 0.687. The van der Waals surface area contributed by atoms with E-state index in [-0.39, 0.29) is 0 Å². The molecule has 24 heavy (non-hydrogen) atoms. The maximum absolute atomic E-state index is 7.00. The fourth-order valence-electron chi connectivity index (χ4n) is 2.50. The highest BCUT2D eigenvalue weighted by molar-refractivity contribution is 6.31. The standard InChI is InChI=1S/C19H19ClN4/c20-15-4-7-17-18(8-11-23-19(17)12-15)24-16-5-2-14(3-6-16)13-22-10-1-9-21/h2-9,11-12,21-22H,1,10,13H2,(H,23,24). The molecule has 3 rings (SSSR count). The van der Waals surface area contributed by atoms with Crippen LogP contribution >= 0.6 is 11.6 Å². The summed E-state index contributed by atoms with van der Waals surface area (Å²) in [6, 6.07) is 16.0. The molecule has 1 aromatic heterocycles. The summed E-state index contributed by atoms with van der Waals surface area (Å²) in [5.74, 6) is 0. The quantitative estimate of drug-likeness (QED) is 0.430. The van der Waals surface area contributed by atoms with E-state index in [9.17, 15) is 0 Å². The molecule has 0 spiro atoms. The Bertz CT molecular complexity index is 830. The SMILES string of the molecule is N=CCCNCc1ccc(Nc2ccnc3cc(Cl)ccc23)cc1. The molecule has 0 unspecified atom stereocenters. The van der Waals surface area contributed by atoms with Gasteiger partial charge in [-0.1, -0.05) is 23.7 Å². The number of hydrogen-bond acceptors (Lipinski definition) is 4. The Balaban J connectivity index is 1.71. The summed E-state index contributed by atoms with van der Waals surface area (Å²) in [7, 11) is 0. The highest BCUT2D eigenvalue weighted by Gasteiger charge is 2.03. The molecule has 0 fully saturated rings. The van der Waals surface area contributed by atoms with Crippen molar-refractivity contribution in [1.29, 1.82) is 5.41 Å². The summed E-state index contributed by atoms with van der Waals surface area (Å²) in [5, 5.41) is 15.5. The Morgan fingerprint density at radius 2 is 1.92 bits per heavy atom. The number of rotatable bonds is 7. The molecule has 0 saturated carbocycles. The molecule has 0 aliphatic heterocycles. The maximum atomic E-state index is 7.00. The molecular weight excluding hydrogens is 320 g/mol. The van der Waals surface area contributed by atoms with E-state index < -0.39 is 0 Å². The molecule has 0 saturated heterocycles. The van der Waals surface area contributed by atoms with Gasteiger partial charge in [0.25, 0.3) is 0 Å². The van der Waals surface area contributed by atoms with Gasteiger partial charge in [0.05, 0.1) is 5.52 Å². The van der Waals surface area contributed by atoms with Crippen molar-refractivity contribution in [2.75, 3.05) is 11.9 Å². The number of aromatic nitrogens is 1. The number of fused-ring (bicyclic) bond motifs is 1. The molecule has 4 nitrogen and oxygen atoms in total. The van der Waals surface area contributed by atoms with Crippen LogP contribution in [-0.4, -0.2) is 17.7 Å². The maximum Gasteiger partial charge on any atom is 0.0737 e. The van der Waals surface area contributed by atoms with Crippen molar-refractivity contribution < 1.29 is 0 Å². The second kappa shape index (κ2) is 7.90. The fraction of sp³-hybridized carbons (Fsp3) is 0.158. The minimum absolute atomic E-state index is 0.687. The molecule has 2 aromatic carbocycles. The van der Waals surface area contributed by atoms with E-state index in [1.165, 1.54) is 11.8 Å². The van der Waals surface area contributed by atoms with E-state index in [2.05, 4.69) is 39.9 Å². The first-order valence-electron chi connectivity index (χ1n) is 7.86. The molecular formula is C19H19ClN4. The van der Waals surface area contributed by atoms with Gasteiger partial charge in [-0.25, -0.2) is 0 Å². The number of hydrogen-bond donors (Lipinski definition) is 3. The lowest BCUT2D eigenvalue weighted by atomic mass is 10.1. The van der Waals surface area contributed by atoms with Gasteiger partial charge in [0, 0.05) is 41.1 Å². The number of halogens is 1. The lowest BCUT2D eigenvalue weighted by Gasteiger charge is -2.10. The van der Waals surface area contributed by atoms with Crippen LogP contribution in [0.3, 0.4) is 0 Å². The van der Waals surface area contributed by atoms with Crippen molar-refractivity contribution in [2.45, 2.75) is 13.0 Å². The predicted octanol–water partition coefficient (Wildman–Crippen LogP) is 4.76. The van der Waals surface area contributed by atoms with Gasteiger partial charge < -0.3 is 16.0 Å². The van der Waals surface area contributed by atoms with Crippen LogP contribution in [0.2, 0.25) is 5.02 Å². The average molecular weight is 339 g/mol. The Kier molecular flexibility index (Phi) is 5.41. The molecule has 122 valence electrons. The van der Waals surface area contributed by atoms with Gasteiger partial charge in [-0.3, -0.25) is 4.98 Å². The average Bonchev–Trinajstić information content (AvgIpc) is 2.60. The van der Waals surface area contributed by atoms with Gasteiger partial charge >= 0.3 is 0 Å². The molecule has 0 radical (unpaired) electrons. The first-order valence-corrected chi connectivity index (χ1v) is 8.24. The lowest BCUT2D eigenvalue weighted by molar-refractivity contribution is 0.707. The molecule has 0 bridgehead atoms. The lowest BCUT2D eigenvalue weighted by Crippen LogP contribution is -2.14. The summed E-state index contributed by atoms with van der Waals surface area (Å²) in [5.41, 5.74) is 4.13. The van der Waals surface area contributed by atoms with Crippen molar-refractivity contribution in [3.63, 3.8) is 0 Å². The van der Waals surface area contributed by atoms with Crippen LogP contribution in [0, 0.1) is 5.41 Å². The molecule has 3 N–H and O–H groups in total. The number of benzene rings is 2. The number of nitrogens with zero attached hydrogens (tertiary/aromatic N) is 1. The molecule has 5 heteroatoms. The van der Waals surface area contributed by atoms with Crippen LogP contribution < -0.4 is 10.6 Å². The van der Waals surface area contributed by atoms with Crippen molar-refractivity contribution in [1.82, 2.24) is 10.3 Å². The summed E-state index contributed by atoms with van der Waals surface area (Å²) < 4.78 is 0. The fourth-order valence-corrected chi connectivity index (χ4v) is 2.66. The second-order valence-corrected chi connectivity index (χ2v) is 5.95. The van der Waals surface area contributed by atoms with E-state index in [0.717, 1.165) is 41.8 Å². The molecule has 0 amide bonds. The zero-order valence-corrected chi connectivity index (χ0v) is 14.0. The normalized spacial score (nSPS) is 10.7. The first-order chi connectivity index (χ1) is 11.8. The second-order valence-electron chi connectivity index (χ2n) is 5.51. The van der Waals surface area contributed by atoms with Gasteiger partial charge in [-0.05, 0) is 54.6 Å². The predicted molar refractivity (Wildman–Crippen MR) is 102 cm³/mol. The van der Waals surface area contributed by atoms with E-state index in [0.29, 0.717) is 5.02 Å². The largest absolute Gasteiger partial charge is 0.355 e. The van der Waals surface area contributed by atoms with E-state index >= 15 is 0 Å².